The molecule has 0 saturated heterocycles. The molecule has 1 aromatic carbocycles. The van der Waals surface area contributed by atoms with Crippen molar-refractivity contribution >= 4 is 16.7 Å². The van der Waals surface area contributed by atoms with Crippen molar-refractivity contribution in [3.63, 3.8) is 0 Å². The van der Waals surface area contributed by atoms with Crippen molar-refractivity contribution in [1.82, 2.24) is 4.98 Å². The summed E-state index contributed by atoms with van der Waals surface area (Å²) in [7, 11) is 0. The summed E-state index contributed by atoms with van der Waals surface area (Å²) in [6.45, 7) is 4.03. The molecular weight excluding hydrogens is 326 g/mol. The molecule has 5 heteroatoms. The smallest absolute Gasteiger partial charge is 0.223 e. The first kappa shape index (κ1) is 16.3. The van der Waals surface area contributed by atoms with Crippen molar-refractivity contribution in [3.8, 4) is 18.0 Å². The van der Waals surface area contributed by atoms with Gasteiger partial charge in [0, 0.05) is 29.4 Å². The fourth-order valence-corrected chi connectivity index (χ4v) is 3.93. The first-order valence-electron chi connectivity index (χ1n) is 8.56. The van der Waals surface area contributed by atoms with Crippen LogP contribution >= 0.6 is 0 Å². The molecule has 0 spiro atoms. The number of hydrogen-bond donors (Lipinski definition) is 0. The summed E-state index contributed by atoms with van der Waals surface area (Å²) in [5.41, 5.74) is 1.68. The van der Waals surface area contributed by atoms with E-state index in [1.807, 2.05) is 44.2 Å². The summed E-state index contributed by atoms with van der Waals surface area (Å²) < 4.78 is 6.05. The highest BCUT2D eigenvalue weighted by Gasteiger charge is 2.45. The Hall–Kier alpha value is -3.18. The van der Waals surface area contributed by atoms with Crippen LogP contribution in [0, 0.1) is 34.0 Å². The number of para-hydroxylation sites is 1. The number of pyridine rings is 1. The van der Waals surface area contributed by atoms with Crippen molar-refractivity contribution in [2.45, 2.75) is 32.6 Å². The van der Waals surface area contributed by atoms with Crippen LogP contribution in [0.3, 0.4) is 0 Å². The van der Waals surface area contributed by atoms with Gasteiger partial charge in [-0.25, -0.2) is 4.98 Å². The van der Waals surface area contributed by atoms with Gasteiger partial charge in [-0.2, -0.15) is 10.5 Å². The highest BCUT2D eigenvalue weighted by Crippen LogP contribution is 2.50. The zero-order chi connectivity index (χ0) is 18.5. The van der Waals surface area contributed by atoms with E-state index in [1.165, 1.54) is 0 Å². The van der Waals surface area contributed by atoms with Crippen molar-refractivity contribution in [3.05, 3.63) is 47.2 Å². The number of allylic oxidation sites excluding steroid dienone is 2. The summed E-state index contributed by atoms with van der Waals surface area (Å²) in [6.07, 6.45) is 0.966. The van der Waals surface area contributed by atoms with E-state index in [2.05, 4.69) is 17.1 Å². The van der Waals surface area contributed by atoms with Crippen LogP contribution in [-0.4, -0.2) is 10.8 Å². The third-order valence-electron chi connectivity index (χ3n) is 5.07. The molecule has 2 aromatic rings. The highest BCUT2D eigenvalue weighted by atomic mass is 16.5. The molecule has 2 heterocycles. The molecule has 0 bridgehead atoms. The van der Waals surface area contributed by atoms with Gasteiger partial charge >= 0.3 is 0 Å². The van der Waals surface area contributed by atoms with E-state index < -0.39 is 11.8 Å². The summed E-state index contributed by atoms with van der Waals surface area (Å²) in [5.74, 6) is -0.675. The molecule has 0 unspecified atom stereocenters. The zero-order valence-corrected chi connectivity index (χ0v) is 14.6. The number of nitriles is 2. The number of benzene rings is 1. The topological polar surface area (TPSA) is 86.8 Å². The fraction of sp³-hybridized carbons (Fsp3) is 0.333. The van der Waals surface area contributed by atoms with Crippen molar-refractivity contribution in [2.24, 2.45) is 11.3 Å². The summed E-state index contributed by atoms with van der Waals surface area (Å²) in [6, 6.07) is 13.6. The zero-order valence-electron chi connectivity index (χ0n) is 14.6. The Morgan fingerprint density at radius 3 is 2.69 bits per heavy atom. The van der Waals surface area contributed by atoms with Gasteiger partial charge in [0.25, 0.3) is 0 Å². The summed E-state index contributed by atoms with van der Waals surface area (Å²) in [4.78, 5) is 17.5. The molecule has 0 N–H and O–H groups in total. The SMILES string of the molecule is CC1(C)CC(=O)C2=C(C1)Oc1nc3ccccc3cc1[C@@H]2C(C#N)C#N. The number of carbonyl (C=O) groups is 1. The second-order valence-corrected chi connectivity index (χ2v) is 7.67. The van der Waals surface area contributed by atoms with E-state index in [1.54, 1.807) is 0 Å². The molecule has 1 aromatic heterocycles. The monoisotopic (exact) mass is 343 g/mol. The van der Waals surface area contributed by atoms with E-state index in [-0.39, 0.29) is 11.2 Å². The minimum Gasteiger partial charge on any atom is -0.443 e. The van der Waals surface area contributed by atoms with Crippen LogP contribution in [-0.2, 0) is 4.79 Å². The lowest BCUT2D eigenvalue weighted by Crippen LogP contribution is -2.34. The average Bonchev–Trinajstić information content (AvgIpc) is 2.59. The van der Waals surface area contributed by atoms with Crippen LogP contribution in [0.1, 0.15) is 38.2 Å². The van der Waals surface area contributed by atoms with Crippen LogP contribution in [0.4, 0.5) is 0 Å². The van der Waals surface area contributed by atoms with Crippen LogP contribution in [0.5, 0.6) is 5.88 Å². The van der Waals surface area contributed by atoms with Gasteiger partial charge in [-0.1, -0.05) is 32.0 Å². The van der Waals surface area contributed by atoms with Crippen LogP contribution < -0.4 is 4.74 Å². The summed E-state index contributed by atoms with van der Waals surface area (Å²) >= 11 is 0. The molecule has 26 heavy (non-hydrogen) atoms. The van der Waals surface area contributed by atoms with E-state index in [9.17, 15) is 15.3 Å². The lowest BCUT2D eigenvalue weighted by molar-refractivity contribution is -0.119. The Morgan fingerprint density at radius 1 is 1.23 bits per heavy atom. The second-order valence-electron chi connectivity index (χ2n) is 7.67. The molecule has 0 saturated carbocycles. The van der Waals surface area contributed by atoms with Crippen LogP contribution in [0.2, 0.25) is 0 Å². The van der Waals surface area contributed by atoms with Gasteiger partial charge < -0.3 is 4.74 Å². The van der Waals surface area contributed by atoms with Gasteiger partial charge in [0.1, 0.15) is 11.7 Å². The van der Waals surface area contributed by atoms with Gasteiger partial charge in [0.2, 0.25) is 5.88 Å². The maximum absolute atomic E-state index is 12.9. The Morgan fingerprint density at radius 2 is 1.96 bits per heavy atom. The standard InChI is InChI=1S/C21H17N3O2/c1-21(2)8-16(25)19-17(9-21)26-20-14(18(19)13(10-22)11-23)7-12-5-3-4-6-15(12)24-20/h3-7,13,18H,8-9H2,1-2H3/t18-/m0/s1. The Kier molecular flexibility index (Phi) is 3.56. The molecule has 128 valence electrons. The average molecular weight is 343 g/mol. The predicted molar refractivity (Wildman–Crippen MR) is 94.9 cm³/mol. The van der Waals surface area contributed by atoms with E-state index in [0.717, 1.165) is 10.9 Å². The number of ketones is 1. The van der Waals surface area contributed by atoms with E-state index in [0.29, 0.717) is 35.6 Å². The van der Waals surface area contributed by atoms with Gasteiger partial charge in [0.15, 0.2) is 5.78 Å². The Labute approximate surface area is 151 Å². The number of fused-ring (bicyclic) bond motifs is 2. The number of Topliss-reactive ketones (excluding diaryl/α,β-unsaturated/α-hetero) is 1. The van der Waals surface area contributed by atoms with E-state index in [4.69, 9.17) is 4.74 Å². The third kappa shape index (κ3) is 2.45. The lowest BCUT2D eigenvalue weighted by Gasteiger charge is -2.38. The molecule has 5 nitrogen and oxygen atoms in total. The third-order valence-corrected chi connectivity index (χ3v) is 5.07. The van der Waals surface area contributed by atoms with Crippen molar-refractivity contribution in [1.29, 1.82) is 10.5 Å². The number of carbonyl (C=O) groups excluding carboxylic acids is 1. The first-order chi connectivity index (χ1) is 12.4. The Bertz CT molecular complexity index is 1040. The molecular formula is C21H17N3O2. The number of nitrogens with zero attached hydrogens (tertiary/aromatic N) is 3. The quantitative estimate of drug-likeness (QED) is 0.780. The molecule has 2 aliphatic rings. The molecule has 1 aliphatic carbocycles. The first-order valence-corrected chi connectivity index (χ1v) is 8.56. The number of ether oxygens (including phenoxy) is 1. The Balaban J connectivity index is 1.97. The second kappa shape index (κ2) is 5.68. The molecule has 4 rings (SSSR count). The molecule has 0 fully saturated rings. The largest absolute Gasteiger partial charge is 0.443 e. The van der Waals surface area contributed by atoms with Gasteiger partial charge in [-0.15, -0.1) is 0 Å². The van der Waals surface area contributed by atoms with Crippen LogP contribution in [0.15, 0.2) is 41.7 Å². The number of aromatic nitrogens is 1. The maximum Gasteiger partial charge on any atom is 0.223 e. The molecule has 0 amide bonds. The molecule has 1 atom stereocenters. The minimum absolute atomic E-state index is 0.0458. The maximum atomic E-state index is 12.9. The van der Waals surface area contributed by atoms with Crippen molar-refractivity contribution in [2.75, 3.05) is 0 Å². The van der Waals surface area contributed by atoms with Gasteiger partial charge in [0.05, 0.1) is 23.6 Å². The van der Waals surface area contributed by atoms with Gasteiger partial charge in [-0.05, 0) is 17.5 Å². The predicted octanol–water partition coefficient (Wildman–Crippen LogP) is 4.02. The summed E-state index contributed by atoms with van der Waals surface area (Å²) in [5, 5.41) is 19.9. The highest BCUT2D eigenvalue weighted by molar-refractivity contribution is 5.99. The molecule has 0 radical (unpaired) electrons. The van der Waals surface area contributed by atoms with E-state index >= 15 is 0 Å². The number of rotatable bonds is 1. The van der Waals surface area contributed by atoms with Gasteiger partial charge in [-0.3, -0.25) is 4.79 Å². The molecule has 1 aliphatic heterocycles. The minimum atomic E-state index is -0.962. The lowest BCUT2D eigenvalue weighted by atomic mass is 9.69. The normalized spacial score (nSPS) is 20.8. The number of hydrogen-bond acceptors (Lipinski definition) is 5. The van der Waals surface area contributed by atoms with Crippen LogP contribution in [0.25, 0.3) is 10.9 Å². The fourth-order valence-electron chi connectivity index (χ4n) is 3.93. The van der Waals surface area contributed by atoms with Crippen molar-refractivity contribution < 1.29 is 9.53 Å².